The number of benzene rings is 1. The van der Waals surface area contributed by atoms with E-state index >= 15 is 0 Å². The summed E-state index contributed by atoms with van der Waals surface area (Å²) >= 11 is 6.12. The van der Waals surface area contributed by atoms with E-state index < -0.39 is 0 Å². The molecule has 1 amide bonds. The molecule has 0 fully saturated rings. The van der Waals surface area contributed by atoms with E-state index in [1.807, 2.05) is 31.2 Å². The fourth-order valence-corrected chi connectivity index (χ4v) is 2.27. The van der Waals surface area contributed by atoms with Crippen molar-refractivity contribution in [3.63, 3.8) is 0 Å². The van der Waals surface area contributed by atoms with Crippen molar-refractivity contribution in [1.29, 1.82) is 0 Å². The van der Waals surface area contributed by atoms with Gasteiger partial charge in [0.2, 0.25) is 0 Å². The highest BCUT2D eigenvalue weighted by Gasteiger charge is 2.22. The molecule has 2 aromatic rings. The van der Waals surface area contributed by atoms with Gasteiger partial charge in [0.1, 0.15) is 11.3 Å². The van der Waals surface area contributed by atoms with Crippen LogP contribution in [-0.4, -0.2) is 23.0 Å². The van der Waals surface area contributed by atoms with Gasteiger partial charge in [-0.05, 0) is 18.6 Å². The molecular weight excluding hydrogens is 276 g/mol. The number of aromatic nitrogens is 1. The molecular formula is C15H17ClN2O2. The third kappa shape index (κ3) is 2.85. The first-order valence-corrected chi connectivity index (χ1v) is 6.86. The lowest BCUT2D eigenvalue weighted by molar-refractivity contribution is 0.0782. The maximum Gasteiger partial charge on any atom is 0.259 e. The number of nitrogens with zero attached hydrogens (tertiary/aromatic N) is 2. The normalized spacial score (nSPS) is 10.6. The van der Waals surface area contributed by atoms with Crippen LogP contribution in [0.2, 0.25) is 5.02 Å². The Hall–Kier alpha value is -1.81. The summed E-state index contributed by atoms with van der Waals surface area (Å²) < 4.78 is 5.17. The van der Waals surface area contributed by atoms with E-state index in [4.69, 9.17) is 16.1 Å². The van der Waals surface area contributed by atoms with Crippen LogP contribution in [-0.2, 0) is 13.0 Å². The average Bonchev–Trinajstić information content (AvgIpc) is 2.81. The first kappa shape index (κ1) is 14.6. The van der Waals surface area contributed by atoms with Crippen LogP contribution in [0.3, 0.4) is 0 Å². The Morgan fingerprint density at radius 2 is 2.10 bits per heavy atom. The molecule has 0 N–H and O–H groups in total. The smallest absolute Gasteiger partial charge is 0.259 e. The summed E-state index contributed by atoms with van der Waals surface area (Å²) in [4.78, 5) is 14.1. The van der Waals surface area contributed by atoms with E-state index in [-0.39, 0.29) is 5.91 Å². The number of amides is 1. The molecule has 0 saturated carbocycles. The second-order valence-electron chi connectivity index (χ2n) is 4.67. The van der Waals surface area contributed by atoms with E-state index in [0.29, 0.717) is 35.0 Å². The van der Waals surface area contributed by atoms with Gasteiger partial charge in [-0.2, -0.15) is 0 Å². The van der Waals surface area contributed by atoms with Crippen molar-refractivity contribution in [1.82, 2.24) is 10.1 Å². The molecule has 0 spiro atoms. The number of hydrogen-bond donors (Lipinski definition) is 0. The third-order valence-electron chi connectivity index (χ3n) is 3.18. The molecule has 5 heteroatoms. The Labute approximate surface area is 123 Å². The standard InChI is InChI=1S/C15H17ClN2O2/c1-4-13-14(10(2)17-20-13)15(19)18(3)9-11-7-5-6-8-12(11)16/h5-8H,4,9H2,1-3H3. The monoisotopic (exact) mass is 292 g/mol. The highest BCUT2D eigenvalue weighted by atomic mass is 35.5. The number of carbonyl (C=O) groups is 1. The van der Waals surface area contributed by atoms with Gasteiger partial charge in [0.05, 0.1) is 5.69 Å². The van der Waals surface area contributed by atoms with Crippen LogP contribution >= 0.6 is 11.6 Å². The van der Waals surface area contributed by atoms with E-state index in [1.54, 1.807) is 18.9 Å². The maximum atomic E-state index is 12.5. The Morgan fingerprint density at radius 3 is 2.75 bits per heavy atom. The molecule has 0 aliphatic heterocycles. The Morgan fingerprint density at radius 1 is 1.40 bits per heavy atom. The number of carbonyl (C=O) groups excluding carboxylic acids is 1. The summed E-state index contributed by atoms with van der Waals surface area (Å²) in [6, 6.07) is 7.50. The van der Waals surface area contributed by atoms with E-state index in [2.05, 4.69) is 5.16 Å². The fourth-order valence-electron chi connectivity index (χ4n) is 2.08. The summed E-state index contributed by atoms with van der Waals surface area (Å²) in [5, 5.41) is 4.52. The molecule has 0 saturated heterocycles. The van der Waals surface area contributed by atoms with Crippen LogP contribution in [0.25, 0.3) is 0 Å². The van der Waals surface area contributed by atoms with Gasteiger partial charge in [0.25, 0.3) is 5.91 Å². The van der Waals surface area contributed by atoms with Gasteiger partial charge in [0.15, 0.2) is 0 Å². The van der Waals surface area contributed by atoms with Crippen LogP contribution in [0, 0.1) is 6.92 Å². The summed E-state index contributed by atoms with van der Waals surface area (Å²) in [7, 11) is 1.75. The molecule has 1 aromatic carbocycles. The van der Waals surface area contributed by atoms with E-state index in [1.165, 1.54) is 0 Å². The largest absolute Gasteiger partial charge is 0.360 e. The second kappa shape index (κ2) is 6.09. The van der Waals surface area contributed by atoms with Crippen LogP contribution < -0.4 is 0 Å². The summed E-state index contributed by atoms with van der Waals surface area (Å²) in [6.45, 7) is 4.16. The van der Waals surface area contributed by atoms with Crippen LogP contribution in [0.15, 0.2) is 28.8 Å². The van der Waals surface area contributed by atoms with Gasteiger partial charge in [-0.3, -0.25) is 4.79 Å². The van der Waals surface area contributed by atoms with E-state index in [9.17, 15) is 4.79 Å². The molecule has 0 unspecified atom stereocenters. The molecule has 0 bridgehead atoms. The van der Waals surface area contributed by atoms with Gasteiger partial charge in [-0.15, -0.1) is 0 Å². The number of hydrogen-bond acceptors (Lipinski definition) is 3. The van der Waals surface area contributed by atoms with Crippen molar-refractivity contribution < 1.29 is 9.32 Å². The van der Waals surface area contributed by atoms with Crippen LogP contribution in [0.4, 0.5) is 0 Å². The lowest BCUT2D eigenvalue weighted by atomic mass is 10.1. The zero-order valence-electron chi connectivity index (χ0n) is 11.8. The Balaban J connectivity index is 2.21. The minimum atomic E-state index is -0.0967. The molecule has 0 aliphatic carbocycles. The fraction of sp³-hybridized carbons (Fsp3) is 0.333. The number of halogens is 1. The Kier molecular flexibility index (Phi) is 4.45. The predicted octanol–water partition coefficient (Wildman–Crippen LogP) is 3.47. The lowest BCUT2D eigenvalue weighted by Crippen LogP contribution is -2.27. The van der Waals surface area contributed by atoms with Gasteiger partial charge in [-0.1, -0.05) is 41.9 Å². The van der Waals surface area contributed by atoms with Gasteiger partial charge < -0.3 is 9.42 Å². The molecule has 2 rings (SSSR count). The van der Waals surface area contributed by atoms with Gasteiger partial charge in [0, 0.05) is 25.0 Å². The average molecular weight is 293 g/mol. The van der Waals surface area contributed by atoms with Crippen molar-refractivity contribution in [3.8, 4) is 0 Å². The third-order valence-corrected chi connectivity index (χ3v) is 3.55. The topological polar surface area (TPSA) is 46.3 Å². The SMILES string of the molecule is CCc1onc(C)c1C(=O)N(C)Cc1ccccc1Cl. The lowest BCUT2D eigenvalue weighted by Gasteiger charge is -2.18. The van der Waals surface area contributed by atoms with Crippen molar-refractivity contribution in [3.05, 3.63) is 51.9 Å². The highest BCUT2D eigenvalue weighted by molar-refractivity contribution is 6.31. The molecule has 1 heterocycles. The molecule has 1 aromatic heterocycles. The molecule has 0 atom stereocenters. The van der Waals surface area contributed by atoms with Crippen molar-refractivity contribution in [2.75, 3.05) is 7.05 Å². The minimum absolute atomic E-state index is 0.0967. The van der Waals surface area contributed by atoms with Crippen LogP contribution in [0.1, 0.15) is 34.3 Å². The zero-order chi connectivity index (χ0) is 14.7. The Bertz CT molecular complexity index is 622. The van der Waals surface area contributed by atoms with Gasteiger partial charge in [-0.25, -0.2) is 0 Å². The van der Waals surface area contributed by atoms with Crippen molar-refractivity contribution in [2.24, 2.45) is 0 Å². The van der Waals surface area contributed by atoms with Gasteiger partial charge >= 0.3 is 0 Å². The zero-order valence-corrected chi connectivity index (χ0v) is 12.6. The summed E-state index contributed by atoms with van der Waals surface area (Å²) in [5.74, 6) is 0.527. The summed E-state index contributed by atoms with van der Waals surface area (Å²) in [6.07, 6.45) is 0.641. The molecule has 0 aliphatic rings. The molecule has 4 nitrogen and oxygen atoms in total. The number of rotatable bonds is 4. The highest BCUT2D eigenvalue weighted by Crippen LogP contribution is 2.20. The molecule has 0 radical (unpaired) electrons. The first-order chi connectivity index (χ1) is 9.54. The summed E-state index contributed by atoms with van der Waals surface area (Å²) in [5.41, 5.74) is 2.09. The molecule has 106 valence electrons. The molecule has 20 heavy (non-hydrogen) atoms. The van der Waals surface area contributed by atoms with Crippen molar-refractivity contribution >= 4 is 17.5 Å². The van der Waals surface area contributed by atoms with Crippen molar-refractivity contribution in [2.45, 2.75) is 26.8 Å². The number of aryl methyl sites for hydroxylation is 2. The maximum absolute atomic E-state index is 12.5. The quantitative estimate of drug-likeness (QED) is 0.867. The van der Waals surface area contributed by atoms with E-state index in [0.717, 1.165) is 5.56 Å². The van der Waals surface area contributed by atoms with Crippen LogP contribution in [0.5, 0.6) is 0 Å². The first-order valence-electron chi connectivity index (χ1n) is 6.48. The second-order valence-corrected chi connectivity index (χ2v) is 5.08. The predicted molar refractivity (Wildman–Crippen MR) is 77.9 cm³/mol. The minimum Gasteiger partial charge on any atom is -0.360 e.